The smallest absolute Gasteiger partial charge is 0.123 e. The molecule has 2 N–H and O–H groups in total. The molecule has 0 heterocycles. The van der Waals surface area contributed by atoms with E-state index in [0.717, 1.165) is 22.4 Å². The predicted octanol–water partition coefficient (Wildman–Crippen LogP) is 4.29. The number of phenols is 2. The maximum atomic E-state index is 9.56. The van der Waals surface area contributed by atoms with Crippen LogP contribution in [0.4, 0.5) is 0 Å². The van der Waals surface area contributed by atoms with Gasteiger partial charge in [0.05, 0.1) is 7.11 Å². The van der Waals surface area contributed by atoms with Crippen LogP contribution in [0.15, 0.2) is 72.8 Å². The SMILES string of the molecule is COc1ccccc1C(c1ccc(O)cc1)c1ccc(O)cc1. The summed E-state index contributed by atoms with van der Waals surface area (Å²) in [7, 11) is 1.66. The van der Waals surface area contributed by atoms with Gasteiger partial charge in [-0.25, -0.2) is 0 Å². The molecule has 0 saturated carbocycles. The van der Waals surface area contributed by atoms with Crippen LogP contribution >= 0.6 is 0 Å². The van der Waals surface area contributed by atoms with Crippen LogP contribution in [0.25, 0.3) is 0 Å². The van der Waals surface area contributed by atoms with Gasteiger partial charge in [0.2, 0.25) is 0 Å². The molecule has 0 atom stereocenters. The Morgan fingerprint density at radius 3 is 1.65 bits per heavy atom. The molecule has 0 fully saturated rings. The normalized spacial score (nSPS) is 10.7. The Balaban J connectivity index is 2.17. The second-order valence-electron chi connectivity index (χ2n) is 5.36. The fourth-order valence-corrected chi connectivity index (χ4v) is 2.79. The van der Waals surface area contributed by atoms with Crippen molar-refractivity contribution in [1.82, 2.24) is 0 Å². The highest BCUT2D eigenvalue weighted by atomic mass is 16.5. The molecule has 0 aliphatic carbocycles. The summed E-state index contributed by atoms with van der Waals surface area (Å²) in [4.78, 5) is 0. The molecule has 0 radical (unpaired) electrons. The van der Waals surface area contributed by atoms with E-state index in [9.17, 15) is 10.2 Å². The van der Waals surface area contributed by atoms with Gasteiger partial charge in [-0.2, -0.15) is 0 Å². The Hall–Kier alpha value is -2.94. The predicted molar refractivity (Wildman–Crippen MR) is 90.2 cm³/mol. The van der Waals surface area contributed by atoms with E-state index in [-0.39, 0.29) is 17.4 Å². The number of ether oxygens (including phenoxy) is 1. The number of para-hydroxylation sites is 1. The Morgan fingerprint density at radius 2 is 1.17 bits per heavy atom. The molecule has 0 spiro atoms. The molecule has 0 amide bonds. The van der Waals surface area contributed by atoms with Crippen molar-refractivity contribution in [2.75, 3.05) is 7.11 Å². The third-order valence-electron chi connectivity index (χ3n) is 3.90. The molecule has 0 aliphatic rings. The van der Waals surface area contributed by atoms with E-state index in [1.54, 1.807) is 31.4 Å². The average Bonchev–Trinajstić information content (AvgIpc) is 2.59. The maximum absolute atomic E-state index is 9.56. The van der Waals surface area contributed by atoms with Gasteiger partial charge in [-0.1, -0.05) is 42.5 Å². The van der Waals surface area contributed by atoms with E-state index in [1.165, 1.54) is 0 Å². The molecule has 0 bridgehead atoms. The first-order chi connectivity index (χ1) is 11.2. The molecule has 3 rings (SSSR count). The van der Waals surface area contributed by atoms with Crippen molar-refractivity contribution in [3.05, 3.63) is 89.5 Å². The van der Waals surface area contributed by atoms with Crippen LogP contribution in [-0.4, -0.2) is 17.3 Å². The van der Waals surface area contributed by atoms with E-state index in [1.807, 2.05) is 48.5 Å². The fraction of sp³-hybridized carbons (Fsp3) is 0.100. The van der Waals surface area contributed by atoms with Gasteiger partial charge in [0.15, 0.2) is 0 Å². The van der Waals surface area contributed by atoms with Crippen LogP contribution in [0.5, 0.6) is 17.2 Å². The van der Waals surface area contributed by atoms with Gasteiger partial charge in [-0.15, -0.1) is 0 Å². The van der Waals surface area contributed by atoms with Crippen molar-refractivity contribution in [1.29, 1.82) is 0 Å². The Morgan fingerprint density at radius 1 is 0.696 bits per heavy atom. The molecule has 0 unspecified atom stereocenters. The number of benzene rings is 3. The molecular weight excluding hydrogens is 288 g/mol. The molecule has 0 aromatic heterocycles. The largest absolute Gasteiger partial charge is 0.508 e. The lowest BCUT2D eigenvalue weighted by atomic mass is 9.84. The number of hydrogen-bond acceptors (Lipinski definition) is 3. The highest BCUT2D eigenvalue weighted by molar-refractivity contribution is 5.50. The summed E-state index contributed by atoms with van der Waals surface area (Å²) in [6.45, 7) is 0. The molecule has 3 heteroatoms. The Kier molecular flexibility index (Phi) is 4.20. The molecule has 3 nitrogen and oxygen atoms in total. The fourth-order valence-electron chi connectivity index (χ4n) is 2.79. The van der Waals surface area contributed by atoms with Crippen molar-refractivity contribution >= 4 is 0 Å². The van der Waals surface area contributed by atoms with E-state index >= 15 is 0 Å². The number of phenolic OH excluding ortho intramolecular Hbond substituents is 2. The molecule has 0 aliphatic heterocycles. The number of aromatic hydroxyl groups is 2. The standard InChI is InChI=1S/C20H18O3/c1-23-19-5-3-2-4-18(19)20(14-6-10-16(21)11-7-14)15-8-12-17(22)13-9-15/h2-13,20-22H,1H3. The number of rotatable bonds is 4. The quantitative estimate of drug-likeness (QED) is 0.707. The second kappa shape index (κ2) is 6.44. The van der Waals surface area contributed by atoms with Gasteiger partial charge in [0.1, 0.15) is 17.2 Å². The van der Waals surface area contributed by atoms with Crippen LogP contribution < -0.4 is 4.74 Å². The minimum Gasteiger partial charge on any atom is -0.508 e. The Labute approximate surface area is 135 Å². The molecule has 23 heavy (non-hydrogen) atoms. The zero-order chi connectivity index (χ0) is 16.2. The van der Waals surface area contributed by atoms with Gasteiger partial charge in [-0.05, 0) is 41.5 Å². The summed E-state index contributed by atoms with van der Waals surface area (Å²) in [5, 5.41) is 19.1. The van der Waals surface area contributed by atoms with Crippen molar-refractivity contribution < 1.29 is 14.9 Å². The molecular formula is C20H18O3. The van der Waals surface area contributed by atoms with E-state index < -0.39 is 0 Å². The summed E-state index contributed by atoms with van der Waals surface area (Å²) in [6, 6.07) is 22.2. The first kappa shape index (κ1) is 15.0. The summed E-state index contributed by atoms with van der Waals surface area (Å²) in [5.41, 5.74) is 3.11. The lowest BCUT2D eigenvalue weighted by Gasteiger charge is -2.21. The van der Waals surface area contributed by atoms with Crippen LogP contribution in [-0.2, 0) is 0 Å². The summed E-state index contributed by atoms with van der Waals surface area (Å²) in [6.07, 6.45) is 0. The minimum absolute atomic E-state index is 0.0488. The zero-order valence-electron chi connectivity index (χ0n) is 12.8. The van der Waals surface area contributed by atoms with Crippen molar-refractivity contribution in [2.45, 2.75) is 5.92 Å². The number of methoxy groups -OCH3 is 1. The third kappa shape index (κ3) is 3.14. The molecule has 3 aromatic carbocycles. The van der Waals surface area contributed by atoms with Crippen LogP contribution in [0.3, 0.4) is 0 Å². The van der Waals surface area contributed by atoms with Gasteiger partial charge in [0.25, 0.3) is 0 Å². The first-order valence-electron chi connectivity index (χ1n) is 7.40. The topological polar surface area (TPSA) is 49.7 Å². The average molecular weight is 306 g/mol. The van der Waals surface area contributed by atoms with Crippen molar-refractivity contribution in [3.8, 4) is 17.2 Å². The zero-order valence-corrected chi connectivity index (χ0v) is 12.8. The summed E-state index contributed by atoms with van der Waals surface area (Å²) in [5.74, 6) is 1.22. The van der Waals surface area contributed by atoms with Crippen molar-refractivity contribution in [3.63, 3.8) is 0 Å². The minimum atomic E-state index is -0.0488. The Bertz CT molecular complexity index is 731. The highest BCUT2D eigenvalue weighted by Gasteiger charge is 2.20. The van der Waals surface area contributed by atoms with Gasteiger partial charge in [-0.3, -0.25) is 0 Å². The monoisotopic (exact) mass is 306 g/mol. The second-order valence-corrected chi connectivity index (χ2v) is 5.36. The van der Waals surface area contributed by atoms with Crippen molar-refractivity contribution in [2.24, 2.45) is 0 Å². The van der Waals surface area contributed by atoms with Crippen LogP contribution in [0, 0.1) is 0 Å². The molecule has 3 aromatic rings. The van der Waals surface area contributed by atoms with Crippen LogP contribution in [0.2, 0.25) is 0 Å². The van der Waals surface area contributed by atoms with Gasteiger partial charge >= 0.3 is 0 Å². The summed E-state index contributed by atoms with van der Waals surface area (Å²) >= 11 is 0. The lowest BCUT2D eigenvalue weighted by molar-refractivity contribution is 0.409. The maximum Gasteiger partial charge on any atom is 0.123 e. The van der Waals surface area contributed by atoms with Gasteiger partial charge in [0, 0.05) is 11.5 Å². The first-order valence-corrected chi connectivity index (χ1v) is 7.40. The van der Waals surface area contributed by atoms with E-state index in [0.29, 0.717) is 0 Å². The lowest BCUT2D eigenvalue weighted by Crippen LogP contribution is -2.05. The van der Waals surface area contributed by atoms with E-state index in [2.05, 4.69) is 0 Å². The highest BCUT2D eigenvalue weighted by Crippen LogP contribution is 2.37. The van der Waals surface area contributed by atoms with E-state index in [4.69, 9.17) is 4.74 Å². The number of hydrogen-bond donors (Lipinski definition) is 2. The summed E-state index contributed by atoms with van der Waals surface area (Å²) < 4.78 is 5.52. The van der Waals surface area contributed by atoms with Crippen LogP contribution in [0.1, 0.15) is 22.6 Å². The molecule has 0 saturated heterocycles. The molecule has 116 valence electrons. The third-order valence-corrected chi connectivity index (χ3v) is 3.90. The van der Waals surface area contributed by atoms with Gasteiger partial charge < -0.3 is 14.9 Å².